The Balaban J connectivity index is 1.76. The molecular formula is C26H18BrF4N3O4. The van der Waals surface area contributed by atoms with E-state index in [9.17, 15) is 32.4 Å². The average molecular weight is 592 g/mol. The molecule has 0 radical (unpaired) electrons. The standard InChI is InChI=1S/C26H18BrF4N3O4/c1-37-22-11-15(9-16(13-32)25(36)33-18-6-4-5-17(12-18)26(29,30)31)10-19(27)24(22)38-14-23(35)34-21-8-3-2-7-20(21)28/h2-12H,14H2,1H3,(H,33,36)(H,34,35)/b16-9+. The number of methoxy groups -OCH3 is 1. The highest BCUT2D eigenvalue weighted by atomic mass is 79.9. The number of nitrogens with zero attached hydrogens (tertiary/aromatic N) is 1. The number of anilines is 2. The van der Waals surface area contributed by atoms with Crippen molar-refractivity contribution >= 4 is 45.2 Å². The van der Waals surface area contributed by atoms with Gasteiger partial charge in [-0.3, -0.25) is 9.59 Å². The molecule has 0 aliphatic heterocycles. The van der Waals surface area contributed by atoms with Gasteiger partial charge in [0.25, 0.3) is 11.8 Å². The van der Waals surface area contributed by atoms with Crippen LogP contribution in [0.3, 0.4) is 0 Å². The first kappa shape index (κ1) is 28.2. The first-order chi connectivity index (χ1) is 18.0. The minimum Gasteiger partial charge on any atom is -0.493 e. The number of rotatable bonds is 8. The number of hydrogen-bond acceptors (Lipinski definition) is 5. The second-order valence-corrected chi connectivity index (χ2v) is 8.41. The van der Waals surface area contributed by atoms with Gasteiger partial charge in [0.15, 0.2) is 18.1 Å². The van der Waals surface area contributed by atoms with Gasteiger partial charge in [0.2, 0.25) is 0 Å². The summed E-state index contributed by atoms with van der Waals surface area (Å²) < 4.78 is 63.6. The molecule has 2 N–H and O–H groups in total. The van der Waals surface area contributed by atoms with Crippen molar-refractivity contribution < 1.29 is 36.6 Å². The third-order valence-electron chi connectivity index (χ3n) is 4.87. The van der Waals surface area contributed by atoms with Crippen molar-refractivity contribution in [3.63, 3.8) is 0 Å². The van der Waals surface area contributed by atoms with Gasteiger partial charge in [-0.2, -0.15) is 18.4 Å². The summed E-state index contributed by atoms with van der Waals surface area (Å²) in [6, 6.07) is 14.2. The molecule has 0 saturated heterocycles. The number of ether oxygens (including phenoxy) is 2. The van der Waals surface area contributed by atoms with Gasteiger partial charge in [-0.1, -0.05) is 18.2 Å². The number of alkyl halides is 3. The van der Waals surface area contributed by atoms with Crippen LogP contribution in [0.5, 0.6) is 11.5 Å². The number of benzene rings is 3. The molecule has 0 fully saturated rings. The van der Waals surface area contributed by atoms with Crippen LogP contribution in [0.1, 0.15) is 11.1 Å². The molecule has 0 unspecified atom stereocenters. The van der Waals surface area contributed by atoms with Crippen LogP contribution in [0.25, 0.3) is 6.08 Å². The maximum atomic E-state index is 13.7. The molecule has 196 valence electrons. The van der Waals surface area contributed by atoms with Gasteiger partial charge in [-0.25, -0.2) is 4.39 Å². The summed E-state index contributed by atoms with van der Waals surface area (Å²) in [4.78, 5) is 24.7. The summed E-state index contributed by atoms with van der Waals surface area (Å²) in [7, 11) is 1.33. The Labute approximate surface area is 222 Å². The van der Waals surface area contributed by atoms with Crippen molar-refractivity contribution in [1.29, 1.82) is 5.26 Å². The molecule has 0 aromatic heterocycles. The van der Waals surface area contributed by atoms with Crippen LogP contribution < -0.4 is 20.1 Å². The molecule has 0 bridgehead atoms. The molecule has 0 aliphatic rings. The van der Waals surface area contributed by atoms with E-state index >= 15 is 0 Å². The van der Waals surface area contributed by atoms with Crippen LogP contribution in [-0.4, -0.2) is 25.5 Å². The zero-order valence-corrected chi connectivity index (χ0v) is 21.1. The second-order valence-electron chi connectivity index (χ2n) is 7.55. The van der Waals surface area contributed by atoms with Crippen LogP contribution in [0, 0.1) is 17.1 Å². The number of carbonyl (C=O) groups is 2. The van der Waals surface area contributed by atoms with E-state index in [0.717, 1.165) is 18.2 Å². The Morgan fingerprint density at radius 3 is 2.47 bits per heavy atom. The van der Waals surface area contributed by atoms with E-state index < -0.39 is 41.6 Å². The second kappa shape index (κ2) is 12.2. The van der Waals surface area contributed by atoms with E-state index in [4.69, 9.17) is 9.47 Å². The predicted octanol–water partition coefficient (Wildman–Crippen LogP) is 6.18. The van der Waals surface area contributed by atoms with Crippen molar-refractivity contribution in [2.75, 3.05) is 24.4 Å². The van der Waals surface area contributed by atoms with Crippen molar-refractivity contribution in [2.24, 2.45) is 0 Å². The van der Waals surface area contributed by atoms with Crippen LogP contribution in [0.2, 0.25) is 0 Å². The topological polar surface area (TPSA) is 100 Å². The summed E-state index contributed by atoms with van der Waals surface area (Å²) >= 11 is 3.28. The fourth-order valence-corrected chi connectivity index (χ4v) is 3.71. The lowest BCUT2D eigenvalue weighted by atomic mass is 10.1. The van der Waals surface area contributed by atoms with Crippen LogP contribution >= 0.6 is 15.9 Å². The highest BCUT2D eigenvalue weighted by Gasteiger charge is 2.30. The monoisotopic (exact) mass is 591 g/mol. The Morgan fingerprint density at radius 2 is 1.82 bits per heavy atom. The van der Waals surface area contributed by atoms with Crippen molar-refractivity contribution in [3.8, 4) is 17.6 Å². The van der Waals surface area contributed by atoms with E-state index in [1.54, 1.807) is 12.1 Å². The molecule has 0 saturated carbocycles. The molecule has 7 nitrogen and oxygen atoms in total. The van der Waals surface area contributed by atoms with Crippen LogP contribution in [0.15, 0.2) is 70.7 Å². The van der Waals surface area contributed by atoms with E-state index in [-0.39, 0.29) is 22.9 Å². The van der Waals surface area contributed by atoms with E-state index in [2.05, 4.69) is 26.6 Å². The number of halogens is 5. The summed E-state index contributed by atoms with van der Waals surface area (Å²) in [5.41, 5.74) is -1.19. The van der Waals surface area contributed by atoms with Crippen molar-refractivity contribution in [3.05, 3.63) is 87.7 Å². The Hall–Kier alpha value is -4.37. The largest absolute Gasteiger partial charge is 0.493 e. The quantitative estimate of drug-likeness (QED) is 0.185. The van der Waals surface area contributed by atoms with Gasteiger partial charge < -0.3 is 20.1 Å². The number of amides is 2. The number of nitriles is 1. The van der Waals surface area contributed by atoms with E-state index in [0.29, 0.717) is 10.0 Å². The fraction of sp³-hybridized carbons (Fsp3) is 0.115. The highest BCUT2D eigenvalue weighted by Crippen LogP contribution is 2.37. The Kier molecular flexibility index (Phi) is 9.09. The SMILES string of the molecule is COc1cc(/C=C(\C#N)C(=O)Nc2cccc(C(F)(F)F)c2)cc(Br)c1OCC(=O)Nc1ccccc1F. The summed E-state index contributed by atoms with van der Waals surface area (Å²) in [5, 5.41) is 14.1. The lowest BCUT2D eigenvalue weighted by Gasteiger charge is -2.14. The molecular weight excluding hydrogens is 574 g/mol. The van der Waals surface area contributed by atoms with Gasteiger partial charge in [-0.15, -0.1) is 0 Å². The van der Waals surface area contributed by atoms with Gasteiger partial charge in [0, 0.05) is 5.69 Å². The molecule has 2 amide bonds. The van der Waals surface area contributed by atoms with Gasteiger partial charge >= 0.3 is 6.18 Å². The Bertz CT molecular complexity index is 1430. The predicted molar refractivity (Wildman–Crippen MR) is 135 cm³/mol. The van der Waals surface area contributed by atoms with Crippen LogP contribution in [-0.2, 0) is 15.8 Å². The molecule has 0 spiro atoms. The van der Waals surface area contributed by atoms with Gasteiger partial charge in [0.1, 0.15) is 17.5 Å². The third-order valence-corrected chi connectivity index (χ3v) is 5.46. The zero-order valence-electron chi connectivity index (χ0n) is 19.5. The lowest BCUT2D eigenvalue weighted by Crippen LogP contribution is -2.21. The zero-order chi connectivity index (χ0) is 27.9. The molecule has 38 heavy (non-hydrogen) atoms. The van der Waals surface area contributed by atoms with Gasteiger partial charge in [-0.05, 0) is 70.0 Å². The molecule has 12 heteroatoms. The lowest BCUT2D eigenvalue weighted by molar-refractivity contribution is -0.137. The molecule has 3 aromatic rings. The Morgan fingerprint density at radius 1 is 1.08 bits per heavy atom. The molecule has 3 rings (SSSR count). The maximum Gasteiger partial charge on any atom is 0.416 e. The minimum atomic E-state index is -4.60. The smallest absolute Gasteiger partial charge is 0.416 e. The van der Waals surface area contributed by atoms with Crippen molar-refractivity contribution in [2.45, 2.75) is 6.18 Å². The molecule has 0 aliphatic carbocycles. The third kappa shape index (κ3) is 7.33. The summed E-state index contributed by atoms with van der Waals surface area (Å²) in [6.07, 6.45) is -3.40. The van der Waals surface area contributed by atoms with Crippen LogP contribution in [0.4, 0.5) is 28.9 Å². The number of para-hydroxylation sites is 1. The number of hydrogen-bond donors (Lipinski definition) is 2. The summed E-state index contributed by atoms with van der Waals surface area (Å²) in [6.45, 7) is -0.485. The fourth-order valence-electron chi connectivity index (χ4n) is 3.14. The minimum absolute atomic E-state index is 0.0138. The van der Waals surface area contributed by atoms with E-state index in [1.165, 1.54) is 49.6 Å². The number of nitrogens with one attached hydrogen (secondary N) is 2. The molecule has 0 atom stereocenters. The van der Waals surface area contributed by atoms with Crippen molar-refractivity contribution in [1.82, 2.24) is 0 Å². The first-order valence-corrected chi connectivity index (χ1v) is 11.5. The van der Waals surface area contributed by atoms with E-state index in [1.807, 2.05) is 0 Å². The first-order valence-electron chi connectivity index (χ1n) is 10.7. The molecule has 3 aromatic carbocycles. The average Bonchev–Trinajstić information content (AvgIpc) is 2.87. The summed E-state index contributed by atoms with van der Waals surface area (Å²) in [5.74, 6) is -1.90. The molecule has 0 heterocycles. The highest BCUT2D eigenvalue weighted by molar-refractivity contribution is 9.10. The maximum absolute atomic E-state index is 13.7. The van der Waals surface area contributed by atoms with Gasteiger partial charge in [0.05, 0.1) is 22.8 Å². The number of carbonyl (C=O) groups excluding carboxylic acids is 2. The normalized spacial score (nSPS) is 11.3.